The van der Waals surface area contributed by atoms with Gasteiger partial charge in [0.15, 0.2) is 0 Å². The van der Waals surface area contributed by atoms with Crippen molar-refractivity contribution >= 4 is 11.6 Å². The third-order valence-corrected chi connectivity index (χ3v) is 1.60. The molecule has 0 heterocycles. The van der Waals surface area contributed by atoms with E-state index in [0.717, 1.165) is 11.4 Å². The van der Waals surface area contributed by atoms with Gasteiger partial charge in [-0.25, -0.2) is 0 Å². The van der Waals surface area contributed by atoms with Crippen LogP contribution in [0.3, 0.4) is 0 Å². The summed E-state index contributed by atoms with van der Waals surface area (Å²) in [5.74, 6) is 0.679. The Morgan fingerprint density at radius 3 is 2.54 bits per heavy atom. The second-order valence-corrected chi connectivity index (χ2v) is 2.53. The van der Waals surface area contributed by atoms with Crippen LogP contribution in [0.1, 0.15) is 6.42 Å². The maximum atomic E-state index is 10.9. The molecular formula is C10H12NO2. The average molecular weight is 178 g/mol. The van der Waals surface area contributed by atoms with Gasteiger partial charge in [0, 0.05) is 12.1 Å². The number of anilines is 1. The first-order valence-electron chi connectivity index (χ1n) is 3.99. The van der Waals surface area contributed by atoms with E-state index in [4.69, 9.17) is 4.74 Å². The van der Waals surface area contributed by atoms with Crippen LogP contribution >= 0.6 is 0 Å². The summed E-state index contributed by atoms with van der Waals surface area (Å²) in [5.41, 5.74) is 0.759. The summed E-state index contributed by atoms with van der Waals surface area (Å²) < 4.78 is 4.98. The van der Waals surface area contributed by atoms with Gasteiger partial charge in [-0.05, 0) is 31.2 Å². The van der Waals surface area contributed by atoms with Crippen molar-refractivity contribution in [1.82, 2.24) is 0 Å². The van der Waals surface area contributed by atoms with Crippen molar-refractivity contribution in [2.45, 2.75) is 6.42 Å². The molecule has 13 heavy (non-hydrogen) atoms. The summed E-state index contributed by atoms with van der Waals surface area (Å²) >= 11 is 0. The predicted molar refractivity (Wildman–Crippen MR) is 51.6 cm³/mol. The Bertz CT molecular complexity index is 279. The van der Waals surface area contributed by atoms with Crippen molar-refractivity contribution in [3.63, 3.8) is 0 Å². The van der Waals surface area contributed by atoms with Crippen molar-refractivity contribution in [2.75, 3.05) is 12.4 Å². The minimum atomic E-state index is -0.0924. The first kappa shape index (κ1) is 9.58. The minimum absolute atomic E-state index is 0.0924. The highest BCUT2D eigenvalue weighted by Crippen LogP contribution is 2.14. The molecule has 0 aliphatic carbocycles. The molecule has 3 heteroatoms. The van der Waals surface area contributed by atoms with Crippen LogP contribution in [0.25, 0.3) is 0 Å². The second-order valence-electron chi connectivity index (χ2n) is 2.53. The van der Waals surface area contributed by atoms with Gasteiger partial charge in [0.2, 0.25) is 5.91 Å². The van der Waals surface area contributed by atoms with Crippen molar-refractivity contribution in [3.05, 3.63) is 31.2 Å². The maximum Gasteiger partial charge on any atom is 0.224 e. The van der Waals surface area contributed by atoms with Crippen LogP contribution in [-0.2, 0) is 4.79 Å². The number of ether oxygens (including phenoxy) is 1. The largest absolute Gasteiger partial charge is 0.497 e. The molecule has 0 aliphatic heterocycles. The summed E-state index contributed by atoms with van der Waals surface area (Å²) in [6.07, 6.45) is 0.242. The molecule has 1 N–H and O–H groups in total. The molecule has 0 saturated carbocycles. The normalized spacial score (nSPS) is 9.38. The Hall–Kier alpha value is -1.51. The molecule has 0 saturated heterocycles. The third kappa shape index (κ3) is 2.78. The Labute approximate surface area is 77.7 Å². The Balaban J connectivity index is 2.64. The lowest BCUT2D eigenvalue weighted by Gasteiger charge is -2.04. The van der Waals surface area contributed by atoms with E-state index >= 15 is 0 Å². The average Bonchev–Trinajstić information content (AvgIpc) is 2.19. The fourth-order valence-electron chi connectivity index (χ4n) is 0.898. The number of carbonyl (C=O) groups is 1. The molecule has 0 bridgehead atoms. The van der Waals surface area contributed by atoms with E-state index in [-0.39, 0.29) is 12.3 Å². The van der Waals surface area contributed by atoms with Gasteiger partial charge in [0.05, 0.1) is 7.11 Å². The van der Waals surface area contributed by atoms with Gasteiger partial charge in [-0.3, -0.25) is 4.79 Å². The SMILES string of the molecule is [CH2]CC(=O)Nc1ccc(OC)cc1. The first-order valence-corrected chi connectivity index (χ1v) is 3.99. The molecule has 1 radical (unpaired) electrons. The summed E-state index contributed by atoms with van der Waals surface area (Å²) in [5, 5.41) is 2.69. The minimum Gasteiger partial charge on any atom is -0.497 e. The Kier molecular flexibility index (Phi) is 3.31. The molecular weight excluding hydrogens is 166 g/mol. The highest BCUT2D eigenvalue weighted by molar-refractivity contribution is 5.90. The molecule has 1 rings (SSSR count). The molecule has 0 aromatic heterocycles. The zero-order valence-electron chi connectivity index (χ0n) is 7.54. The molecule has 0 unspecified atom stereocenters. The number of methoxy groups -OCH3 is 1. The number of nitrogens with one attached hydrogen (secondary N) is 1. The molecule has 3 nitrogen and oxygen atoms in total. The highest BCUT2D eigenvalue weighted by atomic mass is 16.5. The van der Waals surface area contributed by atoms with Gasteiger partial charge < -0.3 is 10.1 Å². The molecule has 0 aliphatic rings. The van der Waals surface area contributed by atoms with E-state index in [1.165, 1.54) is 0 Å². The van der Waals surface area contributed by atoms with Gasteiger partial charge in [0.25, 0.3) is 0 Å². The van der Waals surface area contributed by atoms with Gasteiger partial charge in [-0.15, -0.1) is 0 Å². The van der Waals surface area contributed by atoms with Gasteiger partial charge in [-0.1, -0.05) is 0 Å². The van der Waals surface area contributed by atoms with Crippen LogP contribution in [0.5, 0.6) is 5.75 Å². The lowest BCUT2D eigenvalue weighted by atomic mass is 10.3. The summed E-state index contributed by atoms with van der Waals surface area (Å²) in [7, 11) is 1.60. The van der Waals surface area contributed by atoms with Gasteiger partial charge in [0.1, 0.15) is 5.75 Å². The quantitative estimate of drug-likeness (QED) is 0.767. The van der Waals surface area contributed by atoms with E-state index < -0.39 is 0 Å². The molecule has 69 valence electrons. The predicted octanol–water partition coefficient (Wildman–Crippen LogP) is 1.86. The first-order chi connectivity index (χ1) is 6.26. The highest BCUT2D eigenvalue weighted by Gasteiger charge is 1.98. The van der Waals surface area contributed by atoms with Crippen molar-refractivity contribution in [1.29, 1.82) is 0 Å². The van der Waals surface area contributed by atoms with Crippen molar-refractivity contribution < 1.29 is 9.53 Å². The van der Waals surface area contributed by atoms with Crippen LogP contribution < -0.4 is 10.1 Å². The fraction of sp³-hybridized carbons (Fsp3) is 0.200. The second kappa shape index (κ2) is 4.50. The number of hydrogen-bond acceptors (Lipinski definition) is 2. The van der Waals surface area contributed by atoms with E-state index in [2.05, 4.69) is 12.2 Å². The molecule has 1 aromatic rings. The smallest absolute Gasteiger partial charge is 0.224 e. The molecule has 1 aromatic carbocycles. The van der Waals surface area contributed by atoms with E-state index in [0.29, 0.717) is 0 Å². The van der Waals surface area contributed by atoms with Crippen molar-refractivity contribution in [2.24, 2.45) is 0 Å². The van der Waals surface area contributed by atoms with E-state index in [1.807, 2.05) is 0 Å². The zero-order valence-corrected chi connectivity index (χ0v) is 7.54. The summed E-state index contributed by atoms with van der Waals surface area (Å²) in [6, 6.07) is 7.15. The number of rotatable bonds is 3. The zero-order chi connectivity index (χ0) is 9.68. The number of benzene rings is 1. The van der Waals surface area contributed by atoms with Crippen LogP contribution in [0, 0.1) is 6.92 Å². The van der Waals surface area contributed by atoms with Crippen LogP contribution in [0.4, 0.5) is 5.69 Å². The maximum absolute atomic E-state index is 10.9. The summed E-state index contributed by atoms with van der Waals surface area (Å²) in [4.78, 5) is 10.9. The standard InChI is InChI=1S/C10H12NO2/c1-3-10(12)11-8-4-6-9(13-2)7-5-8/h4-7H,1,3H2,2H3,(H,11,12). The number of amides is 1. The number of carbonyl (C=O) groups excluding carboxylic acids is 1. The summed E-state index contributed by atoms with van der Waals surface area (Å²) in [6.45, 7) is 3.48. The Morgan fingerprint density at radius 1 is 1.46 bits per heavy atom. The molecule has 1 amide bonds. The lowest BCUT2D eigenvalue weighted by Crippen LogP contribution is -2.09. The van der Waals surface area contributed by atoms with Crippen LogP contribution in [-0.4, -0.2) is 13.0 Å². The van der Waals surface area contributed by atoms with Gasteiger partial charge in [-0.2, -0.15) is 0 Å². The van der Waals surface area contributed by atoms with Crippen LogP contribution in [0.15, 0.2) is 24.3 Å². The third-order valence-electron chi connectivity index (χ3n) is 1.60. The lowest BCUT2D eigenvalue weighted by molar-refractivity contribution is -0.115. The van der Waals surface area contributed by atoms with E-state index in [9.17, 15) is 4.79 Å². The number of hydrogen-bond donors (Lipinski definition) is 1. The van der Waals surface area contributed by atoms with Crippen molar-refractivity contribution in [3.8, 4) is 5.75 Å². The molecule has 0 fully saturated rings. The van der Waals surface area contributed by atoms with Crippen LogP contribution in [0.2, 0.25) is 0 Å². The molecule has 0 atom stereocenters. The monoisotopic (exact) mass is 178 g/mol. The van der Waals surface area contributed by atoms with E-state index in [1.54, 1.807) is 31.4 Å². The molecule has 0 spiro atoms. The fourth-order valence-corrected chi connectivity index (χ4v) is 0.898. The topological polar surface area (TPSA) is 38.3 Å². The van der Waals surface area contributed by atoms with Gasteiger partial charge >= 0.3 is 0 Å². The Morgan fingerprint density at radius 2 is 2.08 bits per heavy atom.